The predicted molar refractivity (Wildman–Crippen MR) is 73.0 cm³/mol. The second kappa shape index (κ2) is 5.37. The van der Waals surface area contributed by atoms with Gasteiger partial charge in [0.25, 0.3) is 5.91 Å². The van der Waals surface area contributed by atoms with E-state index in [1.807, 2.05) is 0 Å². The fourth-order valence-corrected chi connectivity index (χ4v) is 1.85. The molecule has 6 heteroatoms. The topological polar surface area (TPSA) is 62.2 Å². The van der Waals surface area contributed by atoms with Crippen molar-refractivity contribution in [2.45, 2.75) is 0 Å². The SMILES string of the molecule is O=C(Nc1ccncc1Br)c1ccc(O)c(Cl)c1. The molecule has 0 saturated carbocycles. The van der Waals surface area contributed by atoms with Crippen LogP contribution in [0.1, 0.15) is 10.4 Å². The molecule has 0 radical (unpaired) electrons. The van der Waals surface area contributed by atoms with Crippen LogP contribution in [-0.2, 0) is 0 Å². The molecule has 0 aliphatic heterocycles. The van der Waals surface area contributed by atoms with Crippen molar-refractivity contribution in [2.75, 3.05) is 5.32 Å². The number of phenols is 1. The number of amides is 1. The van der Waals surface area contributed by atoms with Crippen molar-refractivity contribution in [2.24, 2.45) is 0 Å². The average molecular weight is 328 g/mol. The van der Waals surface area contributed by atoms with Gasteiger partial charge in [0.1, 0.15) is 5.75 Å². The van der Waals surface area contributed by atoms with Gasteiger partial charge in [-0.1, -0.05) is 11.6 Å². The van der Waals surface area contributed by atoms with E-state index in [9.17, 15) is 9.90 Å². The molecular formula is C12H8BrClN2O2. The average Bonchev–Trinajstić information content (AvgIpc) is 2.35. The Labute approximate surface area is 117 Å². The molecule has 2 aromatic rings. The van der Waals surface area contributed by atoms with Crippen LogP contribution in [-0.4, -0.2) is 16.0 Å². The third-order valence-electron chi connectivity index (χ3n) is 2.23. The normalized spacial score (nSPS) is 10.1. The lowest BCUT2D eigenvalue weighted by Gasteiger charge is -2.07. The number of halogens is 2. The van der Waals surface area contributed by atoms with E-state index < -0.39 is 0 Å². The molecule has 0 fully saturated rings. The minimum absolute atomic E-state index is 0.0571. The number of aromatic hydroxyl groups is 1. The van der Waals surface area contributed by atoms with E-state index in [1.165, 1.54) is 18.2 Å². The van der Waals surface area contributed by atoms with Gasteiger partial charge in [0.05, 0.1) is 15.2 Å². The Morgan fingerprint density at radius 1 is 1.39 bits per heavy atom. The molecule has 1 amide bonds. The summed E-state index contributed by atoms with van der Waals surface area (Å²) in [5.41, 5.74) is 0.973. The number of phenolic OH excluding ortho intramolecular Hbond substituents is 1. The van der Waals surface area contributed by atoms with Crippen LogP contribution in [0, 0.1) is 0 Å². The summed E-state index contributed by atoms with van der Waals surface area (Å²) < 4.78 is 0.684. The van der Waals surface area contributed by atoms with Crippen molar-refractivity contribution in [3.8, 4) is 5.75 Å². The first-order chi connectivity index (χ1) is 8.58. The number of aromatic nitrogens is 1. The number of hydrogen-bond donors (Lipinski definition) is 2. The third kappa shape index (κ3) is 2.80. The Kier molecular flexibility index (Phi) is 3.84. The van der Waals surface area contributed by atoms with Gasteiger partial charge in [-0.25, -0.2) is 0 Å². The van der Waals surface area contributed by atoms with Gasteiger partial charge in [0.2, 0.25) is 0 Å². The highest BCUT2D eigenvalue weighted by molar-refractivity contribution is 9.10. The molecular weight excluding hydrogens is 320 g/mol. The lowest BCUT2D eigenvalue weighted by atomic mass is 10.2. The molecule has 92 valence electrons. The minimum atomic E-state index is -0.316. The van der Waals surface area contributed by atoms with Crippen molar-refractivity contribution in [1.82, 2.24) is 4.98 Å². The monoisotopic (exact) mass is 326 g/mol. The standard InChI is InChI=1S/C12H8BrClN2O2/c13-8-6-15-4-3-10(8)16-12(18)7-1-2-11(17)9(14)5-7/h1-6,17H,(H,15,16,18). The van der Waals surface area contributed by atoms with Crippen LogP contribution in [0.4, 0.5) is 5.69 Å². The molecule has 0 saturated heterocycles. The Bertz CT molecular complexity index is 604. The number of hydrogen-bond acceptors (Lipinski definition) is 3. The number of benzene rings is 1. The molecule has 2 N–H and O–H groups in total. The second-order valence-corrected chi connectivity index (χ2v) is 4.74. The van der Waals surface area contributed by atoms with Crippen molar-refractivity contribution in [3.63, 3.8) is 0 Å². The summed E-state index contributed by atoms with van der Waals surface area (Å²) in [6.07, 6.45) is 3.16. The van der Waals surface area contributed by atoms with Crippen LogP contribution < -0.4 is 5.32 Å². The van der Waals surface area contributed by atoms with Crippen molar-refractivity contribution >= 4 is 39.1 Å². The maximum atomic E-state index is 11.9. The van der Waals surface area contributed by atoms with Crippen LogP contribution in [0.25, 0.3) is 0 Å². The zero-order valence-corrected chi connectivity index (χ0v) is 11.4. The molecule has 0 atom stereocenters. The van der Waals surface area contributed by atoms with Gasteiger partial charge >= 0.3 is 0 Å². The second-order valence-electron chi connectivity index (χ2n) is 3.48. The zero-order chi connectivity index (χ0) is 13.1. The highest BCUT2D eigenvalue weighted by Crippen LogP contribution is 2.25. The maximum absolute atomic E-state index is 11.9. The molecule has 0 unspecified atom stereocenters. The van der Waals surface area contributed by atoms with Gasteiger partial charge in [-0.3, -0.25) is 9.78 Å². The van der Waals surface area contributed by atoms with Crippen molar-refractivity contribution in [3.05, 3.63) is 51.7 Å². The summed E-state index contributed by atoms with van der Waals surface area (Å²) in [5, 5.41) is 12.1. The zero-order valence-electron chi connectivity index (χ0n) is 9.02. The molecule has 0 aliphatic carbocycles. The van der Waals surface area contributed by atoms with Crippen LogP contribution in [0.2, 0.25) is 5.02 Å². The number of rotatable bonds is 2. The fourth-order valence-electron chi connectivity index (χ4n) is 1.32. The van der Waals surface area contributed by atoms with Crippen molar-refractivity contribution in [1.29, 1.82) is 0 Å². The van der Waals surface area contributed by atoms with Gasteiger partial charge in [-0.15, -0.1) is 0 Å². The summed E-state index contributed by atoms with van der Waals surface area (Å²) in [6, 6.07) is 5.94. The third-order valence-corrected chi connectivity index (χ3v) is 3.17. The number of carbonyl (C=O) groups excluding carboxylic acids is 1. The smallest absolute Gasteiger partial charge is 0.255 e. The van der Waals surface area contributed by atoms with E-state index in [1.54, 1.807) is 18.5 Å². The quantitative estimate of drug-likeness (QED) is 0.888. The van der Waals surface area contributed by atoms with E-state index in [-0.39, 0.29) is 16.7 Å². The molecule has 1 heterocycles. The largest absolute Gasteiger partial charge is 0.506 e. The summed E-state index contributed by atoms with van der Waals surface area (Å²) in [7, 11) is 0. The predicted octanol–water partition coefficient (Wildman–Crippen LogP) is 3.46. The molecule has 2 rings (SSSR count). The highest BCUT2D eigenvalue weighted by Gasteiger charge is 2.10. The lowest BCUT2D eigenvalue weighted by Crippen LogP contribution is -2.12. The van der Waals surface area contributed by atoms with Gasteiger partial charge in [0, 0.05) is 18.0 Å². The van der Waals surface area contributed by atoms with Crippen LogP contribution in [0.3, 0.4) is 0 Å². The van der Waals surface area contributed by atoms with Gasteiger partial charge < -0.3 is 10.4 Å². The first-order valence-corrected chi connectivity index (χ1v) is 6.14. The van der Waals surface area contributed by atoms with Crippen LogP contribution in [0.5, 0.6) is 5.75 Å². The molecule has 0 bridgehead atoms. The number of nitrogens with zero attached hydrogens (tertiary/aromatic N) is 1. The number of anilines is 1. The summed E-state index contributed by atoms with van der Waals surface area (Å²) in [6.45, 7) is 0. The molecule has 4 nitrogen and oxygen atoms in total. The maximum Gasteiger partial charge on any atom is 0.255 e. The van der Waals surface area contributed by atoms with Gasteiger partial charge in [-0.2, -0.15) is 0 Å². The Morgan fingerprint density at radius 2 is 2.17 bits per heavy atom. The Morgan fingerprint density at radius 3 is 2.83 bits per heavy atom. The van der Waals surface area contributed by atoms with E-state index in [2.05, 4.69) is 26.2 Å². The van der Waals surface area contributed by atoms with Crippen LogP contribution >= 0.6 is 27.5 Å². The highest BCUT2D eigenvalue weighted by atomic mass is 79.9. The van der Waals surface area contributed by atoms with E-state index in [4.69, 9.17) is 11.6 Å². The fraction of sp³-hybridized carbons (Fsp3) is 0. The molecule has 1 aromatic heterocycles. The number of pyridine rings is 1. The number of nitrogens with one attached hydrogen (secondary N) is 1. The minimum Gasteiger partial charge on any atom is -0.506 e. The van der Waals surface area contributed by atoms with Crippen LogP contribution in [0.15, 0.2) is 41.1 Å². The van der Waals surface area contributed by atoms with Gasteiger partial charge in [-0.05, 0) is 40.2 Å². The van der Waals surface area contributed by atoms with E-state index >= 15 is 0 Å². The summed E-state index contributed by atoms with van der Waals surface area (Å²) in [5.74, 6) is -0.373. The lowest BCUT2D eigenvalue weighted by molar-refractivity contribution is 0.102. The molecule has 0 spiro atoms. The van der Waals surface area contributed by atoms with E-state index in [0.717, 1.165) is 0 Å². The molecule has 0 aliphatic rings. The summed E-state index contributed by atoms with van der Waals surface area (Å²) in [4.78, 5) is 15.8. The first-order valence-electron chi connectivity index (χ1n) is 4.97. The number of carbonyl (C=O) groups is 1. The Hall–Kier alpha value is -1.59. The molecule has 18 heavy (non-hydrogen) atoms. The molecule has 1 aromatic carbocycles. The van der Waals surface area contributed by atoms with Gasteiger partial charge in [0.15, 0.2) is 0 Å². The Balaban J connectivity index is 2.22. The van der Waals surface area contributed by atoms with E-state index in [0.29, 0.717) is 15.7 Å². The summed E-state index contributed by atoms with van der Waals surface area (Å²) >= 11 is 9.02. The van der Waals surface area contributed by atoms with Crippen molar-refractivity contribution < 1.29 is 9.90 Å². The first kappa shape index (κ1) is 12.9.